The molecule has 2 aromatic heterocycles. The second-order valence-electron chi connectivity index (χ2n) is 9.18. The number of aromatic amines is 1. The van der Waals surface area contributed by atoms with E-state index in [0.29, 0.717) is 29.4 Å². The zero-order chi connectivity index (χ0) is 26.5. The molecule has 1 amide bonds. The highest BCUT2D eigenvalue weighted by Gasteiger charge is 2.32. The fourth-order valence-corrected chi connectivity index (χ4v) is 4.48. The van der Waals surface area contributed by atoms with Crippen molar-refractivity contribution in [2.75, 3.05) is 18.4 Å². The quantitative estimate of drug-likeness (QED) is 0.338. The first-order valence-corrected chi connectivity index (χ1v) is 11.8. The first-order valence-electron chi connectivity index (χ1n) is 11.5. The van der Waals surface area contributed by atoms with Gasteiger partial charge in [-0.3, -0.25) is 24.2 Å². The molecule has 12 heteroatoms. The first kappa shape index (κ1) is 25.1. The molecule has 0 unspecified atom stereocenters. The molecule has 0 bridgehead atoms. The van der Waals surface area contributed by atoms with E-state index in [1.807, 2.05) is 25.1 Å². The van der Waals surface area contributed by atoms with Crippen LogP contribution in [0.25, 0.3) is 16.9 Å². The van der Waals surface area contributed by atoms with Gasteiger partial charge in [-0.2, -0.15) is 18.3 Å². The van der Waals surface area contributed by atoms with E-state index >= 15 is 0 Å². The van der Waals surface area contributed by atoms with Crippen molar-refractivity contribution in [3.63, 3.8) is 0 Å². The van der Waals surface area contributed by atoms with Crippen LogP contribution in [0.1, 0.15) is 27.2 Å². The standard InChI is InChI=1S/C25H24ClF3N6O2/c1-14-20(9-30-33(14)2)22-13-35(32-22)23-7-16(3-4-21(23)26)24(37)31-18-6-15(10-34-11-19(36)12-34)5-17(8-18)25(27,28)29/h3-9,13,19,32,36H,10-12H2,1-2H3,(H,31,37). The van der Waals surface area contributed by atoms with Crippen molar-refractivity contribution in [2.24, 2.45) is 7.05 Å². The SMILES string of the molecule is Cc1c(-c2cn(-c3cc(C(=O)Nc4cc(CN5CC(O)C5)cc(C(F)(F)F)c4)ccc3Cl)[nH]2)cnn1C. The number of aliphatic hydroxyl groups excluding tert-OH is 1. The van der Waals surface area contributed by atoms with Crippen LogP contribution in [-0.2, 0) is 19.8 Å². The van der Waals surface area contributed by atoms with E-state index in [1.54, 1.807) is 27.7 Å². The van der Waals surface area contributed by atoms with Gasteiger partial charge in [-0.15, -0.1) is 0 Å². The molecule has 0 atom stereocenters. The van der Waals surface area contributed by atoms with Crippen molar-refractivity contribution in [3.8, 4) is 16.9 Å². The second-order valence-corrected chi connectivity index (χ2v) is 9.58. The summed E-state index contributed by atoms with van der Waals surface area (Å²) >= 11 is 6.36. The summed E-state index contributed by atoms with van der Waals surface area (Å²) in [5.74, 6) is -0.574. The summed E-state index contributed by atoms with van der Waals surface area (Å²) in [5.41, 5.74) is 3.05. The first-order chi connectivity index (χ1) is 17.5. The zero-order valence-corrected chi connectivity index (χ0v) is 20.7. The van der Waals surface area contributed by atoms with Gasteiger partial charge in [0.05, 0.1) is 40.5 Å². The maximum atomic E-state index is 13.5. The van der Waals surface area contributed by atoms with Crippen molar-refractivity contribution >= 4 is 23.2 Å². The van der Waals surface area contributed by atoms with Crippen molar-refractivity contribution in [3.05, 3.63) is 76.2 Å². The van der Waals surface area contributed by atoms with E-state index in [2.05, 4.69) is 15.5 Å². The number of β-amino-alcohol motifs (C(OH)–C–C–N with tert-alkyl or cyclic N) is 1. The van der Waals surface area contributed by atoms with Gasteiger partial charge in [0.1, 0.15) is 0 Å². The number of aryl methyl sites for hydroxylation is 1. The number of benzene rings is 2. The van der Waals surface area contributed by atoms with E-state index in [9.17, 15) is 23.1 Å². The van der Waals surface area contributed by atoms with Gasteiger partial charge in [0.15, 0.2) is 0 Å². The molecule has 8 nitrogen and oxygen atoms in total. The average Bonchev–Trinajstić information content (AvgIpc) is 3.10. The molecule has 0 saturated carbocycles. The van der Waals surface area contributed by atoms with E-state index in [0.717, 1.165) is 29.1 Å². The number of nitrogens with one attached hydrogen (secondary N) is 2. The maximum absolute atomic E-state index is 13.5. The Morgan fingerprint density at radius 3 is 2.59 bits per heavy atom. The Hall–Kier alpha value is -3.54. The number of anilines is 1. The minimum Gasteiger partial charge on any atom is -0.390 e. The Labute approximate surface area is 215 Å². The Kier molecular flexibility index (Phi) is 6.38. The Balaban J connectivity index is 1.37. The highest BCUT2D eigenvalue weighted by atomic mass is 35.5. The van der Waals surface area contributed by atoms with Crippen molar-refractivity contribution in [1.29, 1.82) is 0 Å². The van der Waals surface area contributed by atoms with Gasteiger partial charge in [0.2, 0.25) is 0 Å². The number of likely N-dealkylation sites (tertiary alicyclic amines) is 1. The third-order valence-electron chi connectivity index (χ3n) is 6.41. The highest BCUT2D eigenvalue weighted by Crippen LogP contribution is 2.33. The molecule has 0 spiro atoms. The summed E-state index contributed by atoms with van der Waals surface area (Å²) in [5, 5.41) is 19.8. The summed E-state index contributed by atoms with van der Waals surface area (Å²) in [6, 6.07) is 8.10. The Morgan fingerprint density at radius 2 is 1.97 bits per heavy atom. The van der Waals surface area contributed by atoms with E-state index in [4.69, 9.17) is 11.6 Å². The zero-order valence-electron chi connectivity index (χ0n) is 20.0. The number of carbonyl (C=O) groups excluding carboxylic acids is 1. The molecule has 2 aromatic carbocycles. The van der Waals surface area contributed by atoms with Crippen LogP contribution in [0.15, 0.2) is 48.8 Å². The van der Waals surface area contributed by atoms with E-state index in [1.165, 1.54) is 12.1 Å². The molecule has 0 aliphatic carbocycles. The molecular weight excluding hydrogens is 509 g/mol. The van der Waals surface area contributed by atoms with Crippen molar-refractivity contribution < 1.29 is 23.1 Å². The lowest BCUT2D eigenvalue weighted by molar-refractivity contribution is -0.137. The average molecular weight is 533 g/mol. The predicted molar refractivity (Wildman–Crippen MR) is 133 cm³/mol. The monoisotopic (exact) mass is 532 g/mol. The normalized spacial score (nSPS) is 14.7. The van der Waals surface area contributed by atoms with Crippen LogP contribution < -0.4 is 5.32 Å². The number of aromatic nitrogens is 4. The molecule has 1 aliphatic heterocycles. The number of H-pyrrole nitrogens is 1. The molecule has 0 radical (unpaired) electrons. The number of hydrogen-bond acceptors (Lipinski definition) is 4. The fourth-order valence-electron chi connectivity index (χ4n) is 4.27. The van der Waals surface area contributed by atoms with Gasteiger partial charge in [0.25, 0.3) is 5.91 Å². The lowest BCUT2D eigenvalue weighted by Gasteiger charge is -2.36. The minimum atomic E-state index is -4.57. The molecule has 1 saturated heterocycles. The molecule has 194 valence electrons. The molecule has 1 aliphatic rings. The van der Waals surface area contributed by atoms with Crippen LogP contribution in [-0.4, -0.2) is 54.7 Å². The molecule has 4 aromatic rings. The molecule has 5 rings (SSSR count). The smallest absolute Gasteiger partial charge is 0.390 e. The van der Waals surface area contributed by atoms with Gasteiger partial charge in [-0.25, -0.2) is 0 Å². The second kappa shape index (κ2) is 9.40. The van der Waals surface area contributed by atoms with Crippen LogP contribution >= 0.6 is 11.6 Å². The topological polar surface area (TPSA) is 91.1 Å². The fraction of sp³-hybridized carbons (Fsp3) is 0.280. The molecule has 3 N–H and O–H groups in total. The number of amides is 1. The highest BCUT2D eigenvalue weighted by molar-refractivity contribution is 6.32. The van der Waals surface area contributed by atoms with Crippen LogP contribution in [0, 0.1) is 6.92 Å². The number of halogens is 4. The maximum Gasteiger partial charge on any atom is 0.416 e. The van der Waals surface area contributed by atoms with Gasteiger partial charge in [-0.05, 0) is 48.9 Å². The molecule has 3 heterocycles. The van der Waals surface area contributed by atoms with Crippen LogP contribution in [0.2, 0.25) is 5.02 Å². The van der Waals surface area contributed by atoms with Gasteiger partial charge < -0.3 is 10.4 Å². The number of aliphatic hydroxyl groups is 1. The van der Waals surface area contributed by atoms with Crippen LogP contribution in [0.5, 0.6) is 0 Å². The van der Waals surface area contributed by atoms with Crippen molar-refractivity contribution in [2.45, 2.75) is 25.7 Å². The summed E-state index contributed by atoms with van der Waals surface area (Å²) in [4.78, 5) is 14.8. The van der Waals surface area contributed by atoms with Crippen LogP contribution in [0.3, 0.4) is 0 Å². The number of alkyl halides is 3. The van der Waals surface area contributed by atoms with E-state index < -0.39 is 23.8 Å². The van der Waals surface area contributed by atoms with E-state index in [-0.39, 0.29) is 17.8 Å². The molecular formula is C25H24ClF3N6O2. The lowest BCUT2D eigenvalue weighted by Crippen LogP contribution is -2.49. The summed E-state index contributed by atoms with van der Waals surface area (Å²) in [6.07, 6.45) is -1.48. The number of hydrogen-bond donors (Lipinski definition) is 3. The third-order valence-corrected chi connectivity index (χ3v) is 6.73. The molecule has 1 fully saturated rings. The predicted octanol–water partition coefficient (Wildman–Crippen LogP) is 4.62. The summed E-state index contributed by atoms with van der Waals surface area (Å²) in [6.45, 7) is 2.97. The third kappa shape index (κ3) is 5.15. The number of nitrogens with zero attached hydrogens (tertiary/aromatic N) is 4. The van der Waals surface area contributed by atoms with Gasteiger partial charge in [-0.1, -0.05) is 11.6 Å². The van der Waals surface area contributed by atoms with Gasteiger partial charge in [0, 0.05) is 49.2 Å². The molecule has 37 heavy (non-hydrogen) atoms. The minimum absolute atomic E-state index is 0.0312. The number of carbonyl (C=O) groups is 1. The Bertz CT molecular complexity index is 1450. The summed E-state index contributed by atoms with van der Waals surface area (Å²) in [7, 11) is 1.84. The van der Waals surface area contributed by atoms with Crippen molar-refractivity contribution in [1.82, 2.24) is 24.5 Å². The number of rotatable bonds is 6. The summed E-state index contributed by atoms with van der Waals surface area (Å²) < 4.78 is 43.9. The Morgan fingerprint density at radius 1 is 1.24 bits per heavy atom. The van der Waals surface area contributed by atoms with Crippen LogP contribution in [0.4, 0.5) is 18.9 Å². The lowest BCUT2D eigenvalue weighted by atomic mass is 10.1. The largest absolute Gasteiger partial charge is 0.416 e. The van der Waals surface area contributed by atoms with Gasteiger partial charge >= 0.3 is 6.18 Å².